The number of amides is 1. The molecule has 0 bridgehead atoms. The van der Waals surface area contributed by atoms with E-state index in [1.54, 1.807) is 33.9 Å². The van der Waals surface area contributed by atoms with Crippen molar-refractivity contribution in [2.24, 2.45) is 0 Å². The summed E-state index contributed by atoms with van der Waals surface area (Å²) in [6.45, 7) is 3.03. The van der Waals surface area contributed by atoms with Crippen molar-refractivity contribution in [1.29, 1.82) is 0 Å². The molecule has 0 saturated carbocycles. The van der Waals surface area contributed by atoms with Crippen LogP contribution in [0.5, 0.6) is 0 Å². The van der Waals surface area contributed by atoms with Gasteiger partial charge >= 0.3 is 0 Å². The lowest BCUT2D eigenvalue weighted by Gasteiger charge is -2.17. The van der Waals surface area contributed by atoms with Gasteiger partial charge in [0.25, 0.3) is 5.56 Å². The second-order valence-electron chi connectivity index (χ2n) is 5.63. The molecule has 0 saturated heterocycles. The zero-order valence-electron chi connectivity index (χ0n) is 14.1. The normalized spacial score (nSPS) is 11.0. The van der Waals surface area contributed by atoms with Crippen LogP contribution in [0.1, 0.15) is 12.5 Å². The van der Waals surface area contributed by atoms with Gasteiger partial charge in [0.1, 0.15) is 0 Å². The molecule has 0 N–H and O–H groups in total. The SMILES string of the molecule is CCn1c(SCC(=O)N(C)Cc2ccsc2)nc2ccccc2c1=O. The van der Waals surface area contributed by atoms with Crippen molar-refractivity contribution >= 4 is 39.9 Å². The van der Waals surface area contributed by atoms with Gasteiger partial charge in [0.15, 0.2) is 5.16 Å². The number of thioether (sulfide) groups is 1. The van der Waals surface area contributed by atoms with Crippen LogP contribution in [0, 0.1) is 0 Å². The maximum absolute atomic E-state index is 12.6. The molecule has 0 aliphatic rings. The number of hydrogen-bond acceptors (Lipinski definition) is 5. The molecule has 1 amide bonds. The summed E-state index contributed by atoms with van der Waals surface area (Å²) in [7, 11) is 1.79. The highest BCUT2D eigenvalue weighted by Gasteiger charge is 2.14. The van der Waals surface area contributed by atoms with Crippen molar-refractivity contribution in [3.8, 4) is 0 Å². The third-order valence-corrected chi connectivity index (χ3v) is 5.59. The van der Waals surface area contributed by atoms with Gasteiger partial charge in [0.05, 0.1) is 16.7 Å². The predicted octanol–water partition coefficient (Wildman–Crippen LogP) is 3.23. The fourth-order valence-corrected chi connectivity index (χ4v) is 4.18. The Morgan fingerprint density at radius 3 is 2.84 bits per heavy atom. The summed E-state index contributed by atoms with van der Waals surface area (Å²) < 4.78 is 1.62. The highest BCUT2D eigenvalue weighted by atomic mass is 32.2. The molecule has 0 unspecified atom stereocenters. The minimum absolute atomic E-state index is 0.0151. The average Bonchev–Trinajstić information content (AvgIpc) is 3.12. The van der Waals surface area contributed by atoms with Crippen molar-refractivity contribution in [3.63, 3.8) is 0 Å². The van der Waals surface area contributed by atoms with Crippen LogP contribution in [0.4, 0.5) is 0 Å². The molecule has 0 aliphatic carbocycles. The molecule has 0 atom stereocenters. The molecule has 2 heterocycles. The number of fused-ring (bicyclic) bond motifs is 1. The molecular weight excluding hydrogens is 354 g/mol. The van der Waals surface area contributed by atoms with E-state index in [0.29, 0.717) is 29.1 Å². The summed E-state index contributed by atoms with van der Waals surface area (Å²) in [4.78, 5) is 31.2. The molecule has 0 aliphatic heterocycles. The predicted molar refractivity (Wildman–Crippen MR) is 103 cm³/mol. The number of carbonyl (C=O) groups excluding carboxylic acids is 1. The summed E-state index contributed by atoms with van der Waals surface area (Å²) in [6.07, 6.45) is 0. The van der Waals surface area contributed by atoms with Crippen LogP contribution in [0.25, 0.3) is 10.9 Å². The highest BCUT2D eigenvalue weighted by Crippen LogP contribution is 2.18. The molecule has 1 aromatic carbocycles. The first-order chi connectivity index (χ1) is 12.1. The first-order valence-corrected chi connectivity index (χ1v) is 9.90. The summed E-state index contributed by atoms with van der Waals surface area (Å²) in [6, 6.07) is 9.32. The van der Waals surface area contributed by atoms with Gasteiger partial charge in [-0.05, 0) is 41.4 Å². The van der Waals surface area contributed by atoms with Crippen molar-refractivity contribution in [1.82, 2.24) is 14.5 Å². The number of nitrogens with zero attached hydrogens (tertiary/aromatic N) is 3. The summed E-state index contributed by atoms with van der Waals surface area (Å²) >= 11 is 2.93. The number of thiophene rings is 1. The number of hydrogen-bond donors (Lipinski definition) is 0. The van der Waals surface area contributed by atoms with Gasteiger partial charge in [-0.3, -0.25) is 14.2 Å². The van der Waals surface area contributed by atoms with Crippen LogP contribution >= 0.6 is 23.1 Å². The first-order valence-electron chi connectivity index (χ1n) is 7.97. The van der Waals surface area contributed by atoms with E-state index >= 15 is 0 Å². The van der Waals surface area contributed by atoms with E-state index in [2.05, 4.69) is 4.98 Å². The zero-order chi connectivity index (χ0) is 17.8. The Morgan fingerprint density at radius 1 is 1.32 bits per heavy atom. The second kappa shape index (κ2) is 7.84. The van der Waals surface area contributed by atoms with Crippen molar-refractivity contribution < 1.29 is 4.79 Å². The van der Waals surface area contributed by atoms with Gasteiger partial charge < -0.3 is 4.90 Å². The molecule has 5 nitrogen and oxygen atoms in total. The summed E-state index contributed by atoms with van der Waals surface area (Å²) in [5.41, 5.74) is 1.73. The van der Waals surface area contributed by atoms with E-state index in [1.807, 2.05) is 41.9 Å². The highest BCUT2D eigenvalue weighted by molar-refractivity contribution is 7.99. The fraction of sp³-hybridized carbons (Fsp3) is 0.278. The number of rotatable bonds is 6. The van der Waals surface area contributed by atoms with Gasteiger partial charge in [-0.1, -0.05) is 23.9 Å². The van der Waals surface area contributed by atoms with Crippen LogP contribution in [0.3, 0.4) is 0 Å². The Kier molecular flexibility index (Phi) is 5.55. The van der Waals surface area contributed by atoms with Crippen LogP contribution in [0.2, 0.25) is 0 Å². The molecule has 3 aromatic rings. The van der Waals surface area contributed by atoms with Gasteiger partial charge in [-0.2, -0.15) is 11.3 Å². The third-order valence-electron chi connectivity index (χ3n) is 3.89. The number of para-hydroxylation sites is 1. The Bertz CT molecular complexity index is 935. The van der Waals surface area contributed by atoms with E-state index in [9.17, 15) is 9.59 Å². The Labute approximate surface area is 154 Å². The molecule has 3 rings (SSSR count). The number of carbonyl (C=O) groups is 1. The van der Waals surface area contributed by atoms with Crippen LogP contribution in [0.15, 0.2) is 51.0 Å². The molecule has 0 spiro atoms. The van der Waals surface area contributed by atoms with Gasteiger partial charge in [0.2, 0.25) is 5.91 Å². The summed E-state index contributed by atoms with van der Waals surface area (Å²) in [5.74, 6) is 0.270. The third kappa shape index (κ3) is 3.93. The average molecular weight is 374 g/mol. The Morgan fingerprint density at radius 2 is 2.12 bits per heavy atom. The van der Waals surface area contributed by atoms with E-state index in [-0.39, 0.29) is 17.2 Å². The first kappa shape index (κ1) is 17.7. The van der Waals surface area contributed by atoms with E-state index in [1.165, 1.54) is 11.8 Å². The quantitative estimate of drug-likeness (QED) is 0.492. The molecule has 7 heteroatoms. The molecular formula is C18H19N3O2S2. The lowest BCUT2D eigenvalue weighted by molar-refractivity contribution is -0.127. The largest absolute Gasteiger partial charge is 0.341 e. The second-order valence-corrected chi connectivity index (χ2v) is 7.35. The number of benzene rings is 1. The summed E-state index contributed by atoms with van der Waals surface area (Å²) in [5, 5.41) is 5.23. The lowest BCUT2D eigenvalue weighted by atomic mass is 10.2. The molecule has 0 radical (unpaired) electrons. The van der Waals surface area contributed by atoms with E-state index in [0.717, 1.165) is 5.56 Å². The van der Waals surface area contributed by atoms with Crippen LogP contribution in [-0.2, 0) is 17.9 Å². The standard InChI is InChI=1S/C18H19N3O2S2/c1-3-21-17(23)14-6-4-5-7-15(14)19-18(21)25-12-16(22)20(2)10-13-8-9-24-11-13/h4-9,11H,3,10,12H2,1-2H3. The molecule has 130 valence electrons. The minimum atomic E-state index is -0.0605. The van der Waals surface area contributed by atoms with Crippen LogP contribution < -0.4 is 5.56 Å². The van der Waals surface area contributed by atoms with Crippen molar-refractivity contribution in [2.45, 2.75) is 25.2 Å². The van der Waals surface area contributed by atoms with Gasteiger partial charge in [-0.25, -0.2) is 4.98 Å². The topological polar surface area (TPSA) is 55.2 Å². The lowest BCUT2D eigenvalue weighted by Crippen LogP contribution is -2.28. The van der Waals surface area contributed by atoms with Gasteiger partial charge in [0, 0.05) is 20.1 Å². The van der Waals surface area contributed by atoms with E-state index < -0.39 is 0 Å². The molecule has 0 fully saturated rings. The van der Waals surface area contributed by atoms with Gasteiger partial charge in [-0.15, -0.1) is 0 Å². The maximum atomic E-state index is 12.6. The molecule has 2 aromatic heterocycles. The fourth-order valence-electron chi connectivity index (χ4n) is 2.52. The van der Waals surface area contributed by atoms with Crippen molar-refractivity contribution in [2.75, 3.05) is 12.8 Å². The number of aromatic nitrogens is 2. The van der Waals surface area contributed by atoms with Crippen molar-refractivity contribution in [3.05, 3.63) is 57.0 Å². The monoisotopic (exact) mass is 373 g/mol. The zero-order valence-corrected chi connectivity index (χ0v) is 15.8. The van der Waals surface area contributed by atoms with Crippen LogP contribution in [-0.4, -0.2) is 33.2 Å². The molecule has 25 heavy (non-hydrogen) atoms. The Balaban J connectivity index is 1.76. The maximum Gasteiger partial charge on any atom is 0.262 e. The van der Waals surface area contributed by atoms with E-state index in [4.69, 9.17) is 0 Å². The smallest absolute Gasteiger partial charge is 0.262 e. The minimum Gasteiger partial charge on any atom is -0.341 e. The Hall–Kier alpha value is -2.12.